The highest BCUT2D eigenvalue weighted by Crippen LogP contribution is 2.39. The van der Waals surface area contributed by atoms with E-state index in [1.165, 1.54) is 10.5 Å². The minimum atomic E-state index is -3.66. The molecule has 1 fully saturated rings. The van der Waals surface area contributed by atoms with Gasteiger partial charge in [0.1, 0.15) is 10.6 Å². The van der Waals surface area contributed by atoms with Gasteiger partial charge < -0.3 is 4.74 Å². The van der Waals surface area contributed by atoms with Crippen molar-refractivity contribution >= 4 is 15.7 Å². The van der Waals surface area contributed by atoms with Crippen molar-refractivity contribution in [1.82, 2.24) is 9.78 Å². The maximum absolute atomic E-state index is 13.2. The van der Waals surface area contributed by atoms with Gasteiger partial charge in [-0.1, -0.05) is 0 Å². The van der Waals surface area contributed by atoms with E-state index >= 15 is 0 Å². The molecule has 0 saturated heterocycles. The molecule has 1 aliphatic carbocycles. The van der Waals surface area contributed by atoms with Gasteiger partial charge in [-0.15, -0.1) is 0 Å². The van der Waals surface area contributed by atoms with Crippen molar-refractivity contribution in [2.24, 2.45) is 5.92 Å². The number of ether oxygens (including phenoxy) is 1. The number of hydrogen-bond acceptors (Lipinski definition) is 4. The summed E-state index contributed by atoms with van der Waals surface area (Å²) in [4.78, 5) is 0.229. The number of aryl methyl sites for hydroxylation is 1. The lowest BCUT2D eigenvalue weighted by molar-refractivity contribution is 0.415. The van der Waals surface area contributed by atoms with Gasteiger partial charge >= 0.3 is 0 Å². The largest absolute Gasteiger partial charge is 0.497 e. The summed E-state index contributed by atoms with van der Waals surface area (Å²) in [6.07, 6.45) is 5.15. The van der Waals surface area contributed by atoms with Crippen LogP contribution in [0.15, 0.2) is 41.6 Å². The van der Waals surface area contributed by atoms with Crippen LogP contribution < -0.4 is 9.04 Å². The van der Waals surface area contributed by atoms with Crippen LogP contribution in [0.4, 0.5) is 5.69 Å². The van der Waals surface area contributed by atoms with E-state index in [9.17, 15) is 8.42 Å². The summed E-state index contributed by atoms with van der Waals surface area (Å²) in [5, 5.41) is 4.12. The van der Waals surface area contributed by atoms with Gasteiger partial charge in [-0.25, -0.2) is 8.42 Å². The van der Waals surface area contributed by atoms with Crippen molar-refractivity contribution < 1.29 is 13.2 Å². The topological polar surface area (TPSA) is 64.4 Å². The van der Waals surface area contributed by atoms with E-state index < -0.39 is 10.0 Å². The summed E-state index contributed by atoms with van der Waals surface area (Å²) in [5.74, 6) is 1.11. The fourth-order valence-corrected chi connectivity index (χ4v) is 4.53. The second-order valence-electron chi connectivity index (χ2n) is 6.11. The monoisotopic (exact) mass is 349 g/mol. The van der Waals surface area contributed by atoms with E-state index in [1.807, 2.05) is 13.8 Å². The molecule has 130 valence electrons. The van der Waals surface area contributed by atoms with Crippen LogP contribution in [0.1, 0.15) is 26.7 Å². The van der Waals surface area contributed by atoms with Gasteiger partial charge in [0, 0.05) is 18.8 Å². The van der Waals surface area contributed by atoms with Crippen LogP contribution in [0.5, 0.6) is 5.75 Å². The molecule has 0 bridgehead atoms. The van der Waals surface area contributed by atoms with Gasteiger partial charge in [0.2, 0.25) is 0 Å². The number of nitrogens with zero attached hydrogens (tertiary/aromatic N) is 3. The molecule has 1 atom stereocenters. The zero-order valence-corrected chi connectivity index (χ0v) is 15.0. The molecule has 0 amide bonds. The van der Waals surface area contributed by atoms with Gasteiger partial charge in [0.25, 0.3) is 10.0 Å². The lowest BCUT2D eigenvalue weighted by atomic mass is 10.2. The molecule has 6 nitrogen and oxygen atoms in total. The number of anilines is 1. The molecular formula is C17H23N3O3S. The molecule has 24 heavy (non-hydrogen) atoms. The van der Waals surface area contributed by atoms with E-state index in [1.54, 1.807) is 42.3 Å². The van der Waals surface area contributed by atoms with Crippen molar-refractivity contribution in [3.63, 3.8) is 0 Å². The van der Waals surface area contributed by atoms with Crippen LogP contribution >= 0.6 is 0 Å². The average molecular weight is 349 g/mol. The second kappa shape index (κ2) is 6.47. The molecule has 0 aliphatic heterocycles. The summed E-state index contributed by atoms with van der Waals surface area (Å²) < 4.78 is 34.8. The number of rotatable bonds is 7. The lowest BCUT2D eigenvalue weighted by Gasteiger charge is -2.30. The summed E-state index contributed by atoms with van der Waals surface area (Å²) in [5.41, 5.74) is 0.652. The van der Waals surface area contributed by atoms with E-state index in [0.29, 0.717) is 23.9 Å². The molecule has 7 heteroatoms. The summed E-state index contributed by atoms with van der Waals surface area (Å²) in [6.45, 7) is 4.54. The summed E-state index contributed by atoms with van der Waals surface area (Å²) in [7, 11) is -2.07. The molecule has 1 aromatic heterocycles. The minimum absolute atomic E-state index is 0.0895. The number of hydrogen-bond donors (Lipinski definition) is 0. The van der Waals surface area contributed by atoms with Crippen molar-refractivity contribution in [2.75, 3.05) is 11.4 Å². The second-order valence-corrected chi connectivity index (χ2v) is 7.92. The molecule has 1 heterocycles. The zero-order valence-electron chi connectivity index (χ0n) is 14.2. The maximum atomic E-state index is 13.2. The van der Waals surface area contributed by atoms with Gasteiger partial charge in [0.15, 0.2) is 0 Å². The quantitative estimate of drug-likeness (QED) is 0.771. The minimum Gasteiger partial charge on any atom is -0.497 e. The Balaban J connectivity index is 2.02. The Kier molecular flexibility index (Phi) is 4.54. The van der Waals surface area contributed by atoms with Crippen LogP contribution in [-0.4, -0.2) is 31.3 Å². The molecule has 1 unspecified atom stereocenters. The van der Waals surface area contributed by atoms with Crippen LogP contribution in [0.2, 0.25) is 0 Å². The smallest absolute Gasteiger partial charge is 0.267 e. The molecule has 1 saturated carbocycles. The van der Waals surface area contributed by atoms with Gasteiger partial charge in [-0.05, 0) is 56.9 Å². The molecule has 0 N–H and O–H groups in total. The molecule has 1 aromatic carbocycles. The Morgan fingerprint density at radius 2 is 2.00 bits per heavy atom. The third-order valence-electron chi connectivity index (χ3n) is 4.49. The van der Waals surface area contributed by atoms with Crippen molar-refractivity contribution in [2.45, 2.75) is 44.2 Å². The first-order valence-corrected chi connectivity index (χ1v) is 9.62. The van der Waals surface area contributed by atoms with Gasteiger partial charge in [0.05, 0.1) is 19.0 Å². The molecule has 3 rings (SSSR count). The molecule has 1 aliphatic rings. The molecule has 0 radical (unpaired) electrons. The number of aromatic nitrogens is 2. The van der Waals surface area contributed by atoms with Crippen LogP contribution in [0, 0.1) is 5.92 Å². The van der Waals surface area contributed by atoms with Gasteiger partial charge in [-0.2, -0.15) is 5.10 Å². The van der Waals surface area contributed by atoms with Gasteiger partial charge in [-0.3, -0.25) is 8.99 Å². The van der Waals surface area contributed by atoms with E-state index in [2.05, 4.69) is 5.10 Å². The summed E-state index contributed by atoms with van der Waals surface area (Å²) in [6, 6.07) is 7.06. The van der Waals surface area contributed by atoms with E-state index in [4.69, 9.17) is 4.74 Å². The van der Waals surface area contributed by atoms with E-state index in [0.717, 1.165) is 12.8 Å². The third-order valence-corrected chi connectivity index (χ3v) is 6.36. The standard InChI is InChI=1S/C17H23N3O3S/c1-4-19-12-17(11-18-19)24(21,22)20(13(2)14-5-6-14)15-7-9-16(23-3)10-8-15/h7-14H,4-6H2,1-3H3. The van der Waals surface area contributed by atoms with Crippen LogP contribution in [0.25, 0.3) is 0 Å². The Labute approximate surface area is 143 Å². The Morgan fingerprint density at radius 3 is 2.50 bits per heavy atom. The van der Waals surface area contributed by atoms with Crippen molar-refractivity contribution in [1.29, 1.82) is 0 Å². The number of benzene rings is 1. The Bertz CT molecular complexity index is 795. The SMILES string of the molecule is CCn1cc(S(=O)(=O)N(c2ccc(OC)cc2)C(C)C2CC2)cn1. The normalized spacial score (nSPS) is 16.0. The third kappa shape index (κ3) is 3.13. The first-order chi connectivity index (χ1) is 11.5. The average Bonchev–Trinajstić information content (AvgIpc) is 3.32. The Hall–Kier alpha value is -2.02. The fraction of sp³-hybridized carbons (Fsp3) is 0.471. The van der Waals surface area contributed by atoms with E-state index in [-0.39, 0.29) is 10.9 Å². The first kappa shape index (κ1) is 16.8. The van der Waals surface area contributed by atoms with Crippen molar-refractivity contribution in [3.05, 3.63) is 36.7 Å². The van der Waals surface area contributed by atoms with Crippen molar-refractivity contribution in [3.8, 4) is 5.75 Å². The summed E-state index contributed by atoms with van der Waals surface area (Å²) >= 11 is 0. The predicted molar refractivity (Wildman–Crippen MR) is 92.7 cm³/mol. The number of sulfonamides is 1. The molecular weight excluding hydrogens is 326 g/mol. The Morgan fingerprint density at radius 1 is 1.33 bits per heavy atom. The fourth-order valence-electron chi connectivity index (χ4n) is 2.86. The maximum Gasteiger partial charge on any atom is 0.267 e. The number of methoxy groups -OCH3 is 1. The molecule has 0 spiro atoms. The highest BCUT2D eigenvalue weighted by molar-refractivity contribution is 7.92. The first-order valence-electron chi connectivity index (χ1n) is 8.18. The highest BCUT2D eigenvalue weighted by Gasteiger charge is 2.39. The van der Waals surface area contributed by atoms with Crippen LogP contribution in [-0.2, 0) is 16.6 Å². The van der Waals surface area contributed by atoms with Crippen LogP contribution in [0.3, 0.4) is 0 Å². The molecule has 2 aromatic rings. The zero-order chi connectivity index (χ0) is 17.3. The predicted octanol–water partition coefficient (Wildman–Crippen LogP) is 2.91. The highest BCUT2D eigenvalue weighted by atomic mass is 32.2. The lowest BCUT2D eigenvalue weighted by Crippen LogP contribution is -2.40.